The van der Waals surface area contributed by atoms with Gasteiger partial charge < -0.3 is 20.3 Å². The number of piperidine rings is 1. The molecule has 2 N–H and O–H groups in total. The molecular weight excluding hydrogens is 206 g/mol. The van der Waals surface area contributed by atoms with E-state index in [0.29, 0.717) is 19.2 Å². The van der Waals surface area contributed by atoms with Crippen molar-refractivity contribution in [1.82, 2.24) is 9.80 Å². The minimum atomic E-state index is 0.0886. The number of likely N-dealkylation sites (tertiary alicyclic amines) is 1. The van der Waals surface area contributed by atoms with E-state index >= 15 is 0 Å². The summed E-state index contributed by atoms with van der Waals surface area (Å²) in [7, 11) is 4.18. The van der Waals surface area contributed by atoms with Crippen LogP contribution in [0.4, 0.5) is 0 Å². The summed E-state index contributed by atoms with van der Waals surface area (Å²) in [5.41, 5.74) is 5.29. The van der Waals surface area contributed by atoms with Crippen LogP contribution >= 0.6 is 0 Å². The van der Waals surface area contributed by atoms with E-state index in [-0.39, 0.29) is 12.5 Å². The molecule has 1 aliphatic heterocycles. The van der Waals surface area contributed by atoms with Gasteiger partial charge in [0.2, 0.25) is 5.91 Å². The Hall–Kier alpha value is -0.650. The molecular formula is C11H23N3O2. The Morgan fingerprint density at radius 1 is 1.44 bits per heavy atom. The van der Waals surface area contributed by atoms with Gasteiger partial charge in [0.15, 0.2) is 0 Å². The molecule has 0 unspecified atom stereocenters. The van der Waals surface area contributed by atoms with Gasteiger partial charge in [0.1, 0.15) is 6.61 Å². The molecule has 0 spiro atoms. The molecule has 1 heterocycles. The Bertz CT molecular complexity index is 213. The van der Waals surface area contributed by atoms with E-state index in [1.165, 1.54) is 0 Å². The van der Waals surface area contributed by atoms with Gasteiger partial charge in [-0.15, -0.1) is 0 Å². The average molecular weight is 229 g/mol. The zero-order chi connectivity index (χ0) is 12.0. The van der Waals surface area contributed by atoms with E-state index in [2.05, 4.69) is 19.0 Å². The SMILES string of the molecule is CN(C)C1CCN(C(=O)COCCN)CC1. The number of hydrogen-bond donors (Lipinski definition) is 1. The number of carbonyl (C=O) groups is 1. The molecule has 0 aromatic rings. The molecule has 1 aliphatic rings. The third-order valence-electron chi connectivity index (χ3n) is 3.04. The van der Waals surface area contributed by atoms with Crippen LogP contribution in [0.2, 0.25) is 0 Å². The Labute approximate surface area is 97.5 Å². The van der Waals surface area contributed by atoms with Crippen molar-refractivity contribution in [2.45, 2.75) is 18.9 Å². The minimum absolute atomic E-state index is 0.0886. The van der Waals surface area contributed by atoms with Gasteiger partial charge in [-0.3, -0.25) is 4.79 Å². The molecule has 1 fully saturated rings. The topological polar surface area (TPSA) is 58.8 Å². The van der Waals surface area contributed by atoms with E-state index in [1.54, 1.807) is 0 Å². The molecule has 0 bridgehead atoms. The summed E-state index contributed by atoms with van der Waals surface area (Å²) in [4.78, 5) is 15.8. The van der Waals surface area contributed by atoms with Crippen LogP contribution in [0.25, 0.3) is 0 Å². The molecule has 5 nitrogen and oxygen atoms in total. The molecule has 1 rings (SSSR count). The van der Waals surface area contributed by atoms with Crippen molar-refractivity contribution in [3.05, 3.63) is 0 Å². The minimum Gasteiger partial charge on any atom is -0.370 e. The second-order valence-corrected chi connectivity index (χ2v) is 4.42. The zero-order valence-corrected chi connectivity index (χ0v) is 10.3. The Kier molecular flexibility index (Phi) is 5.73. The van der Waals surface area contributed by atoms with Gasteiger partial charge in [-0.25, -0.2) is 0 Å². The summed E-state index contributed by atoms with van der Waals surface area (Å²) < 4.78 is 5.15. The highest BCUT2D eigenvalue weighted by molar-refractivity contribution is 5.77. The van der Waals surface area contributed by atoms with Crippen molar-refractivity contribution in [2.24, 2.45) is 5.73 Å². The maximum absolute atomic E-state index is 11.7. The number of rotatable bonds is 5. The fraction of sp³-hybridized carbons (Fsp3) is 0.909. The molecule has 0 atom stereocenters. The van der Waals surface area contributed by atoms with E-state index < -0.39 is 0 Å². The molecule has 0 aliphatic carbocycles. The lowest BCUT2D eigenvalue weighted by atomic mass is 10.0. The number of ether oxygens (including phenoxy) is 1. The molecule has 0 aromatic heterocycles. The van der Waals surface area contributed by atoms with Gasteiger partial charge in [-0.05, 0) is 26.9 Å². The smallest absolute Gasteiger partial charge is 0.248 e. The first-order valence-corrected chi connectivity index (χ1v) is 5.87. The Morgan fingerprint density at radius 2 is 2.06 bits per heavy atom. The first-order valence-electron chi connectivity index (χ1n) is 5.87. The predicted octanol–water partition coefficient (Wildman–Crippen LogP) is -0.486. The number of carbonyl (C=O) groups excluding carboxylic acids is 1. The average Bonchev–Trinajstić information content (AvgIpc) is 2.29. The van der Waals surface area contributed by atoms with Gasteiger partial charge in [-0.2, -0.15) is 0 Å². The fourth-order valence-corrected chi connectivity index (χ4v) is 1.97. The van der Waals surface area contributed by atoms with Crippen molar-refractivity contribution in [2.75, 3.05) is 46.9 Å². The lowest BCUT2D eigenvalue weighted by Crippen LogP contribution is -2.45. The van der Waals surface area contributed by atoms with E-state index in [0.717, 1.165) is 25.9 Å². The molecule has 1 saturated heterocycles. The summed E-state index contributed by atoms with van der Waals surface area (Å²) in [6, 6.07) is 0.606. The van der Waals surface area contributed by atoms with Gasteiger partial charge in [0.05, 0.1) is 6.61 Å². The molecule has 0 radical (unpaired) electrons. The highest BCUT2D eigenvalue weighted by Crippen LogP contribution is 2.14. The monoisotopic (exact) mass is 229 g/mol. The Balaban J connectivity index is 2.22. The number of amides is 1. The zero-order valence-electron chi connectivity index (χ0n) is 10.3. The number of hydrogen-bond acceptors (Lipinski definition) is 4. The van der Waals surface area contributed by atoms with Crippen LogP contribution in [0.15, 0.2) is 0 Å². The van der Waals surface area contributed by atoms with Crippen LogP contribution in [-0.4, -0.2) is 68.7 Å². The number of nitrogens with zero attached hydrogens (tertiary/aromatic N) is 2. The first-order chi connectivity index (χ1) is 7.65. The molecule has 94 valence electrons. The van der Waals surface area contributed by atoms with Gasteiger partial charge >= 0.3 is 0 Å². The first kappa shape index (κ1) is 13.4. The highest BCUT2D eigenvalue weighted by Gasteiger charge is 2.23. The molecule has 1 amide bonds. The van der Waals surface area contributed by atoms with Crippen molar-refractivity contribution < 1.29 is 9.53 Å². The lowest BCUT2D eigenvalue weighted by molar-refractivity contribution is -0.137. The molecule has 0 aromatic carbocycles. The predicted molar refractivity (Wildman–Crippen MR) is 63.2 cm³/mol. The summed E-state index contributed by atoms with van der Waals surface area (Å²) in [5.74, 6) is 0.0886. The van der Waals surface area contributed by atoms with Crippen LogP contribution in [0.3, 0.4) is 0 Å². The maximum Gasteiger partial charge on any atom is 0.248 e. The summed E-state index contributed by atoms with van der Waals surface area (Å²) in [6.45, 7) is 2.78. The highest BCUT2D eigenvalue weighted by atomic mass is 16.5. The summed E-state index contributed by atoms with van der Waals surface area (Å²) in [5, 5.41) is 0. The van der Waals surface area contributed by atoms with E-state index in [4.69, 9.17) is 10.5 Å². The van der Waals surface area contributed by atoms with Crippen molar-refractivity contribution in [1.29, 1.82) is 0 Å². The van der Waals surface area contributed by atoms with E-state index in [1.807, 2.05) is 4.90 Å². The fourth-order valence-electron chi connectivity index (χ4n) is 1.97. The standard InChI is InChI=1S/C11H23N3O2/c1-13(2)10-3-6-14(7-4-10)11(15)9-16-8-5-12/h10H,3-9,12H2,1-2H3. The summed E-state index contributed by atoms with van der Waals surface area (Å²) >= 11 is 0. The van der Waals surface area contributed by atoms with Crippen LogP contribution in [0.1, 0.15) is 12.8 Å². The third kappa shape index (κ3) is 4.08. The maximum atomic E-state index is 11.7. The van der Waals surface area contributed by atoms with Crippen molar-refractivity contribution in [3.8, 4) is 0 Å². The normalized spacial score (nSPS) is 18.1. The molecule has 5 heteroatoms. The van der Waals surface area contributed by atoms with E-state index in [9.17, 15) is 4.79 Å². The van der Waals surface area contributed by atoms with Crippen molar-refractivity contribution in [3.63, 3.8) is 0 Å². The van der Waals surface area contributed by atoms with Crippen LogP contribution < -0.4 is 5.73 Å². The second kappa shape index (κ2) is 6.83. The largest absolute Gasteiger partial charge is 0.370 e. The quantitative estimate of drug-likeness (QED) is 0.647. The Morgan fingerprint density at radius 3 is 2.56 bits per heavy atom. The van der Waals surface area contributed by atoms with Gasteiger partial charge in [0, 0.05) is 25.7 Å². The van der Waals surface area contributed by atoms with Gasteiger partial charge in [0.25, 0.3) is 0 Å². The second-order valence-electron chi connectivity index (χ2n) is 4.42. The van der Waals surface area contributed by atoms with Crippen molar-refractivity contribution >= 4 is 5.91 Å². The molecule has 16 heavy (non-hydrogen) atoms. The van der Waals surface area contributed by atoms with Crippen LogP contribution in [-0.2, 0) is 9.53 Å². The van der Waals surface area contributed by atoms with Gasteiger partial charge in [-0.1, -0.05) is 0 Å². The lowest BCUT2D eigenvalue weighted by Gasteiger charge is -2.35. The molecule has 0 saturated carbocycles. The summed E-state index contributed by atoms with van der Waals surface area (Å²) in [6.07, 6.45) is 2.10. The van der Waals surface area contributed by atoms with Crippen LogP contribution in [0, 0.1) is 0 Å². The third-order valence-corrected chi connectivity index (χ3v) is 3.04. The van der Waals surface area contributed by atoms with Crippen LogP contribution in [0.5, 0.6) is 0 Å². The number of nitrogens with two attached hydrogens (primary N) is 1.